The predicted molar refractivity (Wildman–Crippen MR) is 102 cm³/mol. The Morgan fingerprint density at radius 2 is 2.22 bits per heavy atom. The van der Waals surface area contributed by atoms with Crippen LogP contribution in [-0.2, 0) is 4.79 Å². The van der Waals surface area contributed by atoms with Crippen molar-refractivity contribution in [3.63, 3.8) is 0 Å². The Morgan fingerprint density at radius 3 is 2.96 bits per heavy atom. The zero-order chi connectivity index (χ0) is 18.6. The number of anilines is 1. The molecule has 1 aromatic carbocycles. The number of benzene rings is 1. The highest BCUT2D eigenvalue weighted by atomic mass is 32.1. The first kappa shape index (κ1) is 16.7. The largest absolute Gasteiger partial charge is 0.467 e. The van der Waals surface area contributed by atoms with Gasteiger partial charge in [-0.2, -0.15) is 0 Å². The molecule has 1 spiro atoms. The van der Waals surface area contributed by atoms with Gasteiger partial charge in [0.2, 0.25) is 5.91 Å². The fourth-order valence-electron chi connectivity index (χ4n) is 4.89. The number of carbonyl (C=O) groups excluding carboxylic acids is 2. The minimum atomic E-state index is -0.678. The van der Waals surface area contributed by atoms with Gasteiger partial charge in [-0.25, -0.2) is 4.98 Å². The van der Waals surface area contributed by atoms with Crippen LogP contribution in [0.1, 0.15) is 41.7 Å². The zero-order valence-corrected chi connectivity index (χ0v) is 15.8. The second-order valence-electron chi connectivity index (χ2n) is 7.81. The molecule has 6 rings (SSSR count). The second-order valence-corrected chi connectivity index (χ2v) is 8.66. The molecule has 2 amide bonds. The number of rotatable bonds is 2. The quantitative estimate of drug-likeness (QED) is 0.833. The summed E-state index contributed by atoms with van der Waals surface area (Å²) in [5.74, 6) is 0.875. The van der Waals surface area contributed by atoms with Crippen molar-refractivity contribution >= 4 is 28.3 Å². The topological polar surface area (TPSA) is 80.3 Å². The number of amides is 2. The summed E-state index contributed by atoms with van der Waals surface area (Å²) in [6.07, 6.45) is 3.35. The summed E-state index contributed by atoms with van der Waals surface area (Å²) in [5.41, 5.74) is 0.817. The maximum Gasteiger partial charge on any atom is 0.258 e. The monoisotopic (exact) mass is 383 g/mol. The van der Waals surface area contributed by atoms with Gasteiger partial charge in [0.1, 0.15) is 5.75 Å². The predicted octanol–water partition coefficient (Wildman–Crippen LogP) is 3.34. The summed E-state index contributed by atoms with van der Waals surface area (Å²) in [6.45, 7) is 1.92. The first-order valence-electron chi connectivity index (χ1n) is 9.38. The summed E-state index contributed by atoms with van der Waals surface area (Å²) >= 11 is 1.45. The Labute approximate surface area is 161 Å². The number of hydrogen-bond acceptors (Lipinski definition) is 5. The van der Waals surface area contributed by atoms with Crippen LogP contribution in [0.4, 0.5) is 5.13 Å². The van der Waals surface area contributed by atoms with Crippen molar-refractivity contribution < 1.29 is 14.3 Å². The van der Waals surface area contributed by atoms with Gasteiger partial charge in [-0.05, 0) is 44.2 Å². The Morgan fingerprint density at radius 1 is 1.37 bits per heavy atom. The molecule has 4 aliphatic rings. The Balaban J connectivity index is 1.36. The zero-order valence-electron chi connectivity index (χ0n) is 15.0. The summed E-state index contributed by atoms with van der Waals surface area (Å²) in [5, 5.41) is 8.69. The number of nitrogens with zero attached hydrogens (tertiary/aromatic N) is 1. The number of carbonyl (C=O) groups is 2. The molecule has 2 N–H and O–H groups in total. The molecule has 140 valence electrons. The molecule has 27 heavy (non-hydrogen) atoms. The number of hydrogen-bond donors (Lipinski definition) is 2. The number of ether oxygens (including phenoxy) is 1. The fraction of sp³-hybridized carbons (Fsp3) is 0.450. The number of nitrogens with one attached hydrogen (secondary N) is 2. The molecule has 2 aromatic rings. The van der Waals surface area contributed by atoms with Crippen LogP contribution in [0.25, 0.3) is 0 Å². The standard InChI is InChI=1S/C20H21N3O3S/c1-11-10-27-19(21-11)22-17(24)15-8-13-7-6-12(15)9-20(13)23-18(25)14-4-2-3-5-16(14)26-20/h2-5,10,12-13,15H,6-9H2,1H3,(H,23,25)(H,21,22,24)/t12-,13+,15-,20-/m0/s1. The van der Waals surface area contributed by atoms with Gasteiger partial charge in [0.25, 0.3) is 5.91 Å². The number of aromatic nitrogens is 1. The number of aryl methyl sites for hydroxylation is 1. The van der Waals surface area contributed by atoms with E-state index in [1.54, 1.807) is 6.07 Å². The Hall–Kier alpha value is -2.41. The van der Waals surface area contributed by atoms with E-state index in [1.165, 1.54) is 11.3 Å². The molecule has 2 bridgehead atoms. The molecule has 0 unspecified atom stereocenters. The first-order valence-corrected chi connectivity index (χ1v) is 10.3. The third-order valence-electron chi connectivity index (χ3n) is 6.15. The van der Waals surface area contributed by atoms with Crippen LogP contribution in [-0.4, -0.2) is 22.5 Å². The van der Waals surface area contributed by atoms with Gasteiger partial charge in [0, 0.05) is 23.6 Å². The van der Waals surface area contributed by atoms with Crippen LogP contribution >= 0.6 is 11.3 Å². The third-order valence-corrected chi connectivity index (χ3v) is 7.03. The SMILES string of the molecule is Cc1csc(NC(=O)[C@H]2C[C@H]3CC[C@H]2C[C@@]32NC(=O)c3ccccc3O2)n1. The van der Waals surface area contributed by atoms with Gasteiger partial charge in [0.05, 0.1) is 11.3 Å². The van der Waals surface area contributed by atoms with E-state index in [-0.39, 0.29) is 29.6 Å². The molecule has 0 saturated heterocycles. The van der Waals surface area contributed by atoms with Crippen molar-refractivity contribution in [1.29, 1.82) is 0 Å². The van der Waals surface area contributed by atoms with Crippen molar-refractivity contribution in [3.05, 3.63) is 40.9 Å². The molecule has 3 aliphatic carbocycles. The fourth-order valence-corrected chi connectivity index (χ4v) is 5.58. The maximum absolute atomic E-state index is 12.8. The molecule has 6 nitrogen and oxygen atoms in total. The lowest BCUT2D eigenvalue weighted by Crippen LogP contribution is -2.66. The van der Waals surface area contributed by atoms with Crippen molar-refractivity contribution in [2.75, 3.05) is 5.32 Å². The van der Waals surface area contributed by atoms with E-state index in [2.05, 4.69) is 15.6 Å². The molecule has 2 heterocycles. The van der Waals surface area contributed by atoms with E-state index in [1.807, 2.05) is 30.5 Å². The lowest BCUT2D eigenvalue weighted by atomic mass is 9.60. The lowest BCUT2D eigenvalue weighted by molar-refractivity contribution is -0.142. The van der Waals surface area contributed by atoms with Crippen molar-refractivity contribution in [3.8, 4) is 5.75 Å². The minimum absolute atomic E-state index is 0.0384. The first-order chi connectivity index (χ1) is 13.0. The average molecular weight is 383 g/mol. The van der Waals surface area contributed by atoms with Crippen LogP contribution in [0, 0.1) is 24.7 Å². The summed E-state index contributed by atoms with van der Waals surface area (Å²) in [4.78, 5) is 29.8. The highest BCUT2D eigenvalue weighted by molar-refractivity contribution is 7.13. The molecule has 0 radical (unpaired) electrons. The third kappa shape index (κ3) is 2.72. The highest BCUT2D eigenvalue weighted by Crippen LogP contribution is 2.52. The van der Waals surface area contributed by atoms with Gasteiger partial charge >= 0.3 is 0 Å². The van der Waals surface area contributed by atoms with Gasteiger partial charge in [0.15, 0.2) is 10.9 Å². The molecule has 1 aliphatic heterocycles. The van der Waals surface area contributed by atoms with Crippen LogP contribution in [0.15, 0.2) is 29.6 Å². The lowest BCUT2D eigenvalue weighted by Gasteiger charge is -2.55. The maximum atomic E-state index is 12.8. The minimum Gasteiger partial charge on any atom is -0.467 e. The Bertz CT molecular complexity index is 927. The molecular weight excluding hydrogens is 362 g/mol. The second kappa shape index (κ2) is 6.05. The number of thiazole rings is 1. The summed E-state index contributed by atoms with van der Waals surface area (Å²) in [7, 11) is 0. The van der Waals surface area contributed by atoms with Gasteiger partial charge in [-0.3, -0.25) is 9.59 Å². The van der Waals surface area contributed by atoms with Crippen molar-refractivity contribution in [1.82, 2.24) is 10.3 Å². The average Bonchev–Trinajstić information content (AvgIpc) is 3.06. The van der Waals surface area contributed by atoms with E-state index in [0.29, 0.717) is 22.9 Å². The van der Waals surface area contributed by atoms with Gasteiger partial charge in [-0.15, -0.1) is 11.3 Å². The van der Waals surface area contributed by atoms with Crippen molar-refractivity contribution in [2.24, 2.45) is 17.8 Å². The van der Waals surface area contributed by atoms with E-state index in [0.717, 1.165) is 25.0 Å². The van der Waals surface area contributed by atoms with Crippen LogP contribution < -0.4 is 15.4 Å². The molecule has 3 fully saturated rings. The van der Waals surface area contributed by atoms with Crippen molar-refractivity contribution in [2.45, 2.75) is 38.3 Å². The van der Waals surface area contributed by atoms with E-state index in [4.69, 9.17) is 4.74 Å². The highest BCUT2D eigenvalue weighted by Gasteiger charge is 2.57. The van der Waals surface area contributed by atoms with Gasteiger partial charge < -0.3 is 15.4 Å². The van der Waals surface area contributed by atoms with Crippen LogP contribution in [0.5, 0.6) is 5.75 Å². The number of fused-ring (bicyclic) bond motifs is 3. The normalized spacial score (nSPS) is 31.1. The number of para-hydroxylation sites is 1. The van der Waals surface area contributed by atoms with Gasteiger partial charge in [-0.1, -0.05) is 12.1 Å². The van der Waals surface area contributed by atoms with E-state index < -0.39 is 5.72 Å². The molecular formula is C20H21N3O3S. The van der Waals surface area contributed by atoms with E-state index >= 15 is 0 Å². The van der Waals surface area contributed by atoms with E-state index in [9.17, 15) is 9.59 Å². The molecule has 1 aromatic heterocycles. The summed E-state index contributed by atoms with van der Waals surface area (Å²) in [6, 6.07) is 7.37. The Kier molecular flexibility index (Phi) is 3.75. The van der Waals surface area contributed by atoms with Crippen LogP contribution in [0.3, 0.4) is 0 Å². The molecule has 7 heteroatoms. The molecule has 4 atom stereocenters. The summed E-state index contributed by atoms with van der Waals surface area (Å²) < 4.78 is 6.34. The van der Waals surface area contributed by atoms with Crippen LogP contribution in [0.2, 0.25) is 0 Å². The molecule has 3 saturated carbocycles. The smallest absolute Gasteiger partial charge is 0.258 e.